The molecule has 11 unspecified atom stereocenters. The third kappa shape index (κ3) is 8.39. The Balaban J connectivity index is 0.830. The Morgan fingerprint density at radius 2 is 1.17 bits per heavy atom. The largest absolute Gasteiger partial charge is 0.458 e. The number of carbonyl (C=O) groups is 1. The second-order valence-electron chi connectivity index (χ2n) is 21.3. The molecule has 0 aromatic heterocycles. The highest BCUT2D eigenvalue weighted by Crippen LogP contribution is 2.70. The van der Waals surface area contributed by atoms with Crippen molar-refractivity contribution in [2.24, 2.45) is 34.5 Å². The van der Waals surface area contributed by atoms with Crippen LogP contribution in [0.1, 0.15) is 99.3 Å². The fraction of sp³-hybridized carbons (Fsp3) is 0.894. The average molecular weight is 925 g/mol. The summed E-state index contributed by atoms with van der Waals surface area (Å²) < 4.78 is 53.4. The highest BCUT2D eigenvalue weighted by atomic mass is 16.8. The van der Waals surface area contributed by atoms with Gasteiger partial charge in [-0.25, -0.2) is 4.79 Å². The maximum Gasteiger partial charge on any atom is 0.331 e. The Morgan fingerprint density at radius 3 is 1.72 bits per heavy atom. The van der Waals surface area contributed by atoms with E-state index in [-0.39, 0.29) is 34.7 Å². The highest BCUT2D eigenvalue weighted by molar-refractivity contribution is 5.85. The van der Waals surface area contributed by atoms with Crippen molar-refractivity contribution in [1.82, 2.24) is 0 Å². The minimum Gasteiger partial charge on any atom is -0.458 e. The van der Waals surface area contributed by atoms with Crippen molar-refractivity contribution in [3.63, 3.8) is 0 Å². The highest BCUT2D eigenvalue weighted by Gasteiger charge is 2.68. The molecule has 18 nitrogen and oxygen atoms in total. The van der Waals surface area contributed by atoms with E-state index < -0.39 is 116 Å². The molecule has 4 aliphatic carbocycles. The smallest absolute Gasteiger partial charge is 0.331 e. The van der Waals surface area contributed by atoms with Crippen molar-refractivity contribution >= 4 is 5.97 Å². The first-order valence-corrected chi connectivity index (χ1v) is 24.0. The molecule has 8 N–H and O–H groups in total. The molecule has 4 saturated carbocycles. The summed E-state index contributed by atoms with van der Waals surface area (Å²) in [5.41, 5.74) is -0.144. The van der Waals surface area contributed by atoms with Crippen molar-refractivity contribution in [1.29, 1.82) is 0 Å². The zero-order valence-corrected chi connectivity index (χ0v) is 38.2. The maximum atomic E-state index is 12.6. The van der Waals surface area contributed by atoms with E-state index >= 15 is 0 Å². The lowest BCUT2D eigenvalue weighted by molar-refractivity contribution is -0.381. The molecular weight excluding hydrogens is 852 g/mol. The third-order valence-corrected chi connectivity index (χ3v) is 17.8. The zero-order valence-electron chi connectivity index (χ0n) is 38.2. The van der Waals surface area contributed by atoms with Crippen molar-refractivity contribution in [2.75, 3.05) is 6.61 Å². The van der Waals surface area contributed by atoms with Crippen LogP contribution in [0.4, 0.5) is 0 Å². The van der Waals surface area contributed by atoms with Gasteiger partial charge in [0.15, 0.2) is 25.2 Å². The van der Waals surface area contributed by atoms with Crippen molar-refractivity contribution in [3.8, 4) is 0 Å². The molecule has 0 bridgehead atoms. The van der Waals surface area contributed by atoms with Gasteiger partial charge in [0.2, 0.25) is 0 Å². The minimum atomic E-state index is -1.72. The Labute approximate surface area is 380 Å². The predicted molar refractivity (Wildman–Crippen MR) is 224 cm³/mol. The van der Waals surface area contributed by atoms with Crippen molar-refractivity contribution < 1.29 is 88.3 Å². The van der Waals surface area contributed by atoms with Crippen LogP contribution in [-0.2, 0) is 47.4 Å². The fourth-order valence-electron chi connectivity index (χ4n) is 13.7. The number of hydrogen-bond acceptors (Lipinski definition) is 18. The van der Waals surface area contributed by atoms with E-state index in [0.717, 1.165) is 50.5 Å². The lowest BCUT2D eigenvalue weighted by Gasteiger charge is -2.64. The number of aliphatic hydroxyl groups excluding tert-OH is 7. The van der Waals surface area contributed by atoms with E-state index in [2.05, 4.69) is 13.8 Å². The van der Waals surface area contributed by atoms with Crippen LogP contribution in [0.5, 0.6) is 0 Å². The van der Waals surface area contributed by atoms with E-state index in [1.807, 2.05) is 0 Å². The lowest BCUT2D eigenvalue weighted by Crippen LogP contribution is -2.66. The summed E-state index contributed by atoms with van der Waals surface area (Å²) in [5, 5.41) is 90.8. The molecule has 5 aliphatic heterocycles. The number of rotatable bonds is 9. The van der Waals surface area contributed by atoms with E-state index in [1.54, 1.807) is 26.8 Å². The second-order valence-corrected chi connectivity index (χ2v) is 21.3. The van der Waals surface area contributed by atoms with Gasteiger partial charge in [-0.15, -0.1) is 0 Å². The summed E-state index contributed by atoms with van der Waals surface area (Å²) in [7, 11) is 0. The van der Waals surface area contributed by atoms with Gasteiger partial charge in [-0.1, -0.05) is 19.9 Å². The molecule has 5 heterocycles. The summed E-state index contributed by atoms with van der Waals surface area (Å²) in [6.45, 7) is 11.3. The summed E-state index contributed by atoms with van der Waals surface area (Å²) in [5.74, 6) is 0.642. The standard InChI is InChI=1S/C47H72O18/c1-20-30(48)9-10-32(58-20)63-39-33(50)21(2)60-43(36(39)53)65-41-35(52)23(4)61-44(38(41)55)64-40-34(51)22(3)59-42(37(40)54)62-26-11-14-45(5)25(18-26)7-8-29-28(45)12-15-46(6)27(13-16-47(29,46)56)24-17-31(49)57-19-24/h9-10,17,20-23,25-30,32-44,48,50-56H,7-8,11-16,18-19H2,1-6H3/t20?,21?,22?,23?,25-,26+,27-,28?,29?,30-,32+,33+,34+,35+,36+,37+,38+,39+,40+,41+,42?,43?,44?,45?,46?,47+/m1/s1. The van der Waals surface area contributed by atoms with Gasteiger partial charge in [-0.2, -0.15) is 0 Å². The first kappa shape index (κ1) is 48.3. The summed E-state index contributed by atoms with van der Waals surface area (Å²) >= 11 is 0. The lowest BCUT2D eigenvalue weighted by atomic mass is 9.43. The van der Waals surface area contributed by atoms with Crippen LogP contribution in [0.25, 0.3) is 0 Å². The Hall–Kier alpha value is -1.69. The minimum absolute atomic E-state index is 0.0199. The van der Waals surface area contributed by atoms with Gasteiger partial charge >= 0.3 is 5.97 Å². The van der Waals surface area contributed by atoms with Crippen molar-refractivity contribution in [3.05, 3.63) is 23.8 Å². The Bertz CT molecular complexity index is 1780. The van der Waals surface area contributed by atoms with Gasteiger partial charge in [0.1, 0.15) is 61.5 Å². The van der Waals surface area contributed by atoms with Crippen LogP contribution >= 0.6 is 0 Å². The summed E-state index contributed by atoms with van der Waals surface area (Å²) in [6, 6.07) is 0. The third-order valence-electron chi connectivity index (χ3n) is 17.8. The zero-order chi connectivity index (χ0) is 46.5. The fourth-order valence-corrected chi connectivity index (χ4v) is 13.7. The first-order valence-electron chi connectivity index (χ1n) is 24.0. The van der Waals surface area contributed by atoms with Gasteiger partial charge in [0, 0.05) is 11.5 Å². The Kier molecular flexibility index (Phi) is 13.6. The van der Waals surface area contributed by atoms with Gasteiger partial charge in [-0.05, 0) is 126 Å². The molecule has 7 fully saturated rings. The SMILES string of the molecule is CC1O[C@@H](O[C@@H]2[C@H](O)C(O[C@@H]3[C@H](O)C(O[C@@H]4[C@H](O)C(O[C@H]5CCC6(C)C7CCC8(C)[C@@H](C9=CC(=O)OC9)CC[C@]8(O)C7CC[C@@H]6C5)OC(C)[C@@H]4O)OC(C)[C@@H]3O)OC(C)[C@@H]2O)C=C[C@H]1O. The van der Waals surface area contributed by atoms with Gasteiger partial charge in [0.25, 0.3) is 0 Å². The van der Waals surface area contributed by atoms with Gasteiger partial charge < -0.3 is 83.5 Å². The number of esters is 1. The van der Waals surface area contributed by atoms with Crippen LogP contribution in [0, 0.1) is 34.5 Å². The molecule has 0 aromatic rings. The molecule has 0 spiro atoms. The molecular formula is C47H72O18. The normalized spacial score (nSPS) is 55.8. The molecule has 0 amide bonds. The van der Waals surface area contributed by atoms with Crippen LogP contribution in [0.3, 0.4) is 0 Å². The average Bonchev–Trinajstić information content (AvgIpc) is 3.82. The number of aliphatic hydroxyl groups is 8. The number of fused-ring (bicyclic) bond motifs is 5. The molecule has 0 radical (unpaired) electrons. The van der Waals surface area contributed by atoms with E-state index in [9.17, 15) is 45.6 Å². The van der Waals surface area contributed by atoms with E-state index in [0.29, 0.717) is 31.3 Å². The van der Waals surface area contributed by atoms with Crippen molar-refractivity contribution in [2.45, 2.75) is 222 Å². The van der Waals surface area contributed by atoms with Gasteiger partial charge in [-0.3, -0.25) is 0 Å². The van der Waals surface area contributed by atoms with E-state index in [1.165, 1.54) is 19.1 Å². The maximum absolute atomic E-state index is 12.6. The number of ether oxygens (including phenoxy) is 9. The summed E-state index contributed by atoms with van der Waals surface area (Å²) in [4.78, 5) is 12.0. The molecule has 3 saturated heterocycles. The van der Waals surface area contributed by atoms with E-state index in [4.69, 9.17) is 42.6 Å². The molecule has 9 rings (SSSR count). The van der Waals surface area contributed by atoms with Crippen LogP contribution in [0.2, 0.25) is 0 Å². The molecule has 9 aliphatic rings. The molecule has 65 heavy (non-hydrogen) atoms. The topological polar surface area (TPSA) is 262 Å². The Morgan fingerprint density at radius 1 is 0.600 bits per heavy atom. The second kappa shape index (κ2) is 18.2. The van der Waals surface area contributed by atoms with Crippen LogP contribution in [0.15, 0.2) is 23.8 Å². The molecule has 368 valence electrons. The molecule has 26 atom stereocenters. The van der Waals surface area contributed by atoms with Gasteiger partial charge in [0.05, 0.1) is 42.2 Å². The number of carbonyl (C=O) groups excluding carboxylic acids is 1. The predicted octanol–water partition coefficient (Wildman–Crippen LogP) is 0.846. The summed E-state index contributed by atoms with van der Waals surface area (Å²) in [6.07, 6.45) is -10.7. The monoisotopic (exact) mass is 924 g/mol. The quantitative estimate of drug-likeness (QED) is 0.0906. The molecule has 18 heteroatoms. The van der Waals surface area contributed by atoms with Crippen LogP contribution in [-0.4, -0.2) is 176 Å². The first-order chi connectivity index (χ1) is 30.7. The molecule has 0 aromatic carbocycles. The number of cyclic esters (lactones) is 1. The number of hydrogen-bond donors (Lipinski definition) is 8. The van der Waals surface area contributed by atoms with Crippen LogP contribution < -0.4 is 0 Å².